The summed E-state index contributed by atoms with van der Waals surface area (Å²) >= 11 is 5.93. The van der Waals surface area contributed by atoms with Crippen LogP contribution in [0.1, 0.15) is 31.4 Å². The molecule has 2 N–H and O–H groups in total. The van der Waals surface area contributed by atoms with Gasteiger partial charge in [0.25, 0.3) is 0 Å². The van der Waals surface area contributed by atoms with Crippen LogP contribution < -0.4 is 10.6 Å². The second-order valence-electron chi connectivity index (χ2n) is 5.78. The highest BCUT2D eigenvalue weighted by molar-refractivity contribution is 6.30. The van der Waals surface area contributed by atoms with Gasteiger partial charge in [0.15, 0.2) is 0 Å². The number of hydrogen-bond acceptors (Lipinski definition) is 3. The number of carbonyl (C=O) groups excluding carboxylic acids is 1. The molecule has 0 spiro atoms. The number of anilines is 1. The van der Waals surface area contributed by atoms with E-state index in [-0.39, 0.29) is 18.2 Å². The molecule has 1 saturated heterocycles. The average molecular weight is 349 g/mol. The summed E-state index contributed by atoms with van der Waals surface area (Å²) in [5, 5.41) is 10.7. The number of halogens is 1. The minimum Gasteiger partial charge on any atom is -0.371 e. The molecule has 2 heterocycles. The molecule has 128 valence electrons. The molecule has 0 unspecified atom stereocenters. The number of amides is 2. The van der Waals surface area contributed by atoms with Crippen molar-refractivity contribution in [1.29, 1.82) is 0 Å². The van der Waals surface area contributed by atoms with E-state index in [1.54, 1.807) is 16.9 Å². The van der Waals surface area contributed by atoms with Gasteiger partial charge in [0, 0.05) is 24.2 Å². The van der Waals surface area contributed by atoms with E-state index in [0.717, 1.165) is 24.9 Å². The fraction of sp³-hybridized carbons (Fsp3) is 0.412. The van der Waals surface area contributed by atoms with Crippen molar-refractivity contribution < 1.29 is 9.53 Å². The van der Waals surface area contributed by atoms with Gasteiger partial charge in [0.1, 0.15) is 11.9 Å². The number of aryl methyl sites for hydroxylation is 1. The number of hydrogen-bond donors (Lipinski definition) is 2. The zero-order valence-electron chi connectivity index (χ0n) is 13.5. The summed E-state index contributed by atoms with van der Waals surface area (Å²) in [5.41, 5.74) is 1.01. The maximum absolute atomic E-state index is 12.3. The van der Waals surface area contributed by atoms with Crippen molar-refractivity contribution in [3.63, 3.8) is 0 Å². The first-order valence-corrected chi connectivity index (χ1v) is 8.51. The van der Waals surface area contributed by atoms with E-state index in [1.807, 2.05) is 24.3 Å². The Bertz CT molecular complexity index is 686. The summed E-state index contributed by atoms with van der Waals surface area (Å²) in [5.74, 6) is 0.691. The van der Waals surface area contributed by atoms with Gasteiger partial charge in [-0.15, -0.1) is 0 Å². The first-order chi connectivity index (χ1) is 11.7. The molecule has 1 fully saturated rings. The molecule has 0 aliphatic carbocycles. The van der Waals surface area contributed by atoms with Gasteiger partial charge in [-0.05, 0) is 30.5 Å². The molecular weight excluding hydrogens is 328 g/mol. The Kier molecular flexibility index (Phi) is 5.37. The molecule has 1 aromatic carbocycles. The third-order valence-electron chi connectivity index (χ3n) is 4.00. The van der Waals surface area contributed by atoms with Gasteiger partial charge in [0.2, 0.25) is 0 Å². The highest BCUT2D eigenvalue weighted by atomic mass is 35.5. The van der Waals surface area contributed by atoms with Gasteiger partial charge in [-0.2, -0.15) is 5.10 Å². The van der Waals surface area contributed by atoms with Crippen LogP contribution in [0.5, 0.6) is 0 Å². The maximum atomic E-state index is 12.3. The third-order valence-corrected chi connectivity index (χ3v) is 4.25. The Morgan fingerprint density at radius 1 is 1.38 bits per heavy atom. The van der Waals surface area contributed by atoms with E-state index in [2.05, 4.69) is 22.7 Å². The molecule has 0 radical (unpaired) electrons. The molecule has 7 heteroatoms. The Hall–Kier alpha value is -2.05. The number of benzene rings is 1. The van der Waals surface area contributed by atoms with Gasteiger partial charge >= 0.3 is 6.03 Å². The Morgan fingerprint density at radius 2 is 2.17 bits per heavy atom. The molecule has 0 saturated carbocycles. The van der Waals surface area contributed by atoms with E-state index in [0.29, 0.717) is 17.4 Å². The van der Waals surface area contributed by atoms with Crippen LogP contribution in [-0.4, -0.2) is 28.5 Å². The van der Waals surface area contributed by atoms with Crippen molar-refractivity contribution in [3.05, 3.63) is 47.1 Å². The van der Waals surface area contributed by atoms with Gasteiger partial charge in [-0.25, -0.2) is 9.48 Å². The highest BCUT2D eigenvalue weighted by Gasteiger charge is 2.31. The standard InChI is InChI=1S/C17H21ClN4O2/c1-2-10-22-15(7-9-19-22)21-17(23)20-14-8-11-24-16(14)12-3-5-13(18)6-4-12/h3-7,9,14,16H,2,8,10-11H2,1H3,(H2,20,21,23)/t14-,16+/m0/s1. The number of ether oxygens (including phenoxy) is 1. The van der Waals surface area contributed by atoms with Crippen molar-refractivity contribution in [3.8, 4) is 0 Å². The first kappa shape index (κ1) is 16.8. The fourth-order valence-corrected chi connectivity index (χ4v) is 2.99. The van der Waals surface area contributed by atoms with Gasteiger partial charge in [-0.3, -0.25) is 5.32 Å². The Balaban J connectivity index is 1.62. The number of urea groups is 1. The predicted octanol–water partition coefficient (Wildman–Crippen LogP) is 3.60. The van der Waals surface area contributed by atoms with Crippen molar-refractivity contribution >= 4 is 23.4 Å². The molecule has 1 aromatic heterocycles. The van der Waals surface area contributed by atoms with Gasteiger partial charge in [-0.1, -0.05) is 30.7 Å². The van der Waals surface area contributed by atoms with Crippen LogP contribution in [-0.2, 0) is 11.3 Å². The second kappa shape index (κ2) is 7.68. The summed E-state index contributed by atoms with van der Waals surface area (Å²) in [6, 6.07) is 8.99. The summed E-state index contributed by atoms with van der Waals surface area (Å²) in [4.78, 5) is 12.3. The SMILES string of the molecule is CCCn1nccc1NC(=O)N[C@H]1CCO[C@@H]1c1ccc(Cl)cc1. The van der Waals surface area contributed by atoms with E-state index < -0.39 is 0 Å². The lowest BCUT2D eigenvalue weighted by molar-refractivity contribution is 0.100. The predicted molar refractivity (Wildman–Crippen MR) is 93.2 cm³/mol. The molecule has 2 atom stereocenters. The largest absolute Gasteiger partial charge is 0.371 e. The number of nitrogens with one attached hydrogen (secondary N) is 2. The molecule has 0 bridgehead atoms. The fourth-order valence-electron chi connectivity index (χ4n) is 2.87. The molecule has 2 aromatic rings. The molecule has 24 heavy (non-hydrogen) atoms. The average Bonchev–Trinajstić information content (AvgIpc) is 3.19. The lowest BCUT2D eigenvalue weighted by Gasteiger charge is -2.20. The maximum Gasteiger partial charge on any atom is 0.320 e. The first-order valence-electron chi connectivity index (χ1n) is 8.13. The second-order valence-corrected chi connectivity index (χ2v) is 6.21. The van der Waals surface area contributed by atoms with Crippen molar-refractivity contribution in [2.75, 3.05) is 11.9 Å². The van der Waals surface area contributed by atoms with Crippen molar-refractivity contribution in [1.82, 2.24) is 15.1 Å². The number of aromatic nitrogens is 2. The van der Waals surface area contributed by atoms with Crippen LogP contribution in [0.2, 0.25) is 5.02 Å². The molecular formula is C17H21ClN4O2. The number of carbonyl (C=O) groups is 1. The topological polar surface area (TPSA) is 68.2 Å². The zero-order chi connectivity index (χ0) is 16.9. The number of nitrogens with zero attached hydrogens (tertiary/aromatic N) is 2. The molecule has 2 amide bonds. The van der Waals surface area contributed by atoms with Crippen molar-refractivity contribution in [2.45, 2.75) is 38.5 Å². The lowest BCUT2D eigenvalue weighted by Crippen LogP contribution is -2.40. The Morgan fingerprint density at radius 3 is 2.92 bits per heavy atom. The smallest absolute Gasteiger partial charge is 0.320 e. The van der Waals surface area contributed by atoms with Gasteiger partial charge < -0.3 is 10.1 Å². The van der Waals surface area contributed by atoms with Crippen LogP contribution in [0, 0.1) is 0 Å². The quantitative estimate of drug-likeness (QED) is 0.867. The van der Waals surface area contributed by atoms with Crippen LogP contribution in [0.15, 0.2) is 36.5 Å². The minimum atomic E-state index is -0.248. The van der Waals surface area contributed by atoms with Gasteiger partial charge in [0.05, 0.1) is 12.2 Å². The molecule has 6 nitrogen and oxygen atoms in total. The van der Waals surface area contributed by atoms with E-state index in [4.69, 9.17) is 16.3 Å². The normalized spacial score (nSPS) is 20.1. The number of rotatable bonds is 5. The van der Waals surface area contributed by atoms with Crippen LogP contribution in [0.4, 0.5) is 10.6 Å². The Labute approximate surface area is 146 Å². The van der Waals surface area contributed by atoms with Crippen LogP contribution >= 0.6 is 11.6 Å². The monoisotopic (exact) mass is 348 g/mol. The van der Waals surface area contributed by atoms with E-state index >= 15 is 0 Å². The van der Waals surface area contributed by atoms with Crippen LogP contribution in [0.25, 0.3) is 0 Å². The highest BCUT2D eigenvalue weighted by Crippen LogP contribution is 2.30. The lowest BCUT2D eigenvalue weighted by atomic mass is 10.0. The van der Waals surface area contributed by atoms with Crippen LogP contribution in [0.3, 0.4) is 0 Å². The van der Waals surface area contributed by atoms with E-state index in [1.165, 1.54) is 0 Å². The summed E-state index contributed by atoms with van der Waals surface area (Å²) < 4.78 is 7.57. The third kappa shape index (κ3) is 3.88. The molecule has 3 rings (SSSR count). The molecule has 1 aliphatic heterocycles. The zero-order valence-corrected chi connectivity index (χ0v) is 14.3. The molecule has 1 aliphatic rings. The summed E-state index contributed by atoms with van der Waals surface area (Å²) in [6.45, 7) is 3.45. The summed E-state index contributed by atoms with van der Waals surface area (Å²) in [7, 11) is 0. The summed E-state index contributed by atoms with van der Waals surface area (Å²) in [6.07, 6.45) is 3.25. The van der Waals surface area contributed by atoms with Crippen molar-refractivity contribution in [2.24, 2.45) is 0 Å². The van der Waals surface area contributed by atoms with E-state index in [9.17, 15) is 4.79 Å². The minimum absolute atomic E-state index is 0.0753.